The van der Waals surface area contributed by atoms with Crippen molar-refractivity contribution in [2.24, 2.45) is 0 Å². The molecule has 7 rings (SSSR count). The fraction of sp³-hybridized carbons (Fsp3) is 0.0323. The minimum absolute atomic E-state index is 0.210. The van der Waals surface area contributed by atoms with E-state index in [-0.39, 0.29) is 5.37 Å². The highest BCUT2D eigenvalue weighted by atomic mass is 32.2. The van der Waals surface area contributed by atoms with Gasteiger partial charge >= 0.3 is 0 Å². The van der Waals surface area contributed by atoms with E-state index in [0.29, 0.717) is 0 Å². The van der Waals surface area contributed by atoms with Crippen LogP contribution in [-0.2, 0) is 0 Å². The molecule has 0 amide bonds. The van der Waals surface area contributed by atoms with E-state index in [4.69, 9.17) is 9.97 Å². The van der Waals surface area contributed by atoms with Gasteiger partial charge in [0.05, 0.1) is 11.2 Å². The number of para-hydroxylation sites is 1. The summed E-state index contributed by atoms with van der Waals surface area (Å²) in [5.74, 6) is 0.748. The number of nitrogens with one attached hydrogen (secondary N) is 1. The maximum atomic E-state index is 5.07. The summed E-state index contributed by atoms with van der Waals surface area (Å²) in [6.07, 6.45) is 0. The van der Waals surface area contributed by atoms with Crippen molar-refractivity contribution in [2.45, 2.75) is 10.3 Å². The van der Waals surface area contributed by atoms with Crippen LogP contribution in [0.1, 0.15) is 10.9 Å². The minimum atomic E-state index is 0.210. The Balaban J connectivity index is 1.37. The lowest BCUT2D eigenvalue weighted by Gasteiger charge is -2.11. The Kier molecular flexibility index (Phi) is 4.78. The molecule has 1 aromatic heterocycles. The second-order valence-corrected chi connectivity index (χ2v) is 9.83. The van der Waals surface area contributed by atoms with Gasteiger partial charge in [-0.1, -0.05) is 109 Å². The van der Waals surface area contributed by atoms with Gasteiger partial charge < -0.3 is 5.32 Å². The van der Waals surface area contributed by atoms with E-state index in [1.54, 1.807) is 0 Å². The topological polar surface area (TPSA) is 37.8 Å². The number of fused-ring (bicyclic) bond motifs is 4. The predicted octanol–water partition coefficient (Wildman–Crippen LogP) is 8.33. The first-order valence-electron chi connectivity index (χ1n) is 11.7. The fourth-order valence-electron chi connectivity index (χ4n) is 4.76. The fourth-order valence-corrected chi connectivity index (χ4v) is 6.03. The first kappa shape index (κ1) is 20.2. The van der Waals surface area contributed by atoms with Gasteiger partial charge in [-0.15, -0.1) is 0 Å². The summed E-state index contributed by atoms with van der Waals surface area (Å²) in [6, 6.07) is 40.2. The second-order valence-electron chi connectivity index (χ2n) is 8.71. The van der Waals surface area contributed by atoms with Crippen molar-refractivity contribution in [2.75, 3.05) is 5.32 Å². The molecule has 0 aliphatic carbocycles. The van der Waals surface area contributed by atoms with Crippen molar-refractivity contribution in [1.82, 2.24) is 9.97 Å². The first-order valence-corrected chi connectivity index (χ1v) is 12.6. The lowest BCUT2D eigenvalue weighted by molar-refractivity contribution is 1.13. The SMILES string of the molecule is c1ccc(-c2nc(-c3ccc4ccc5c(c4c3)SC(c3ccccc3)N5)nc3ccccc23)cc1. The molecule has 1 N–H and O–H groups in total. The third-order valence-electron chi connectivity index (χ3n) is 6.51. The molecule has 1 atom stereocenters. The maximum absolute atomic E-state index is 5.07. The van der Waals surface area contributed by atoms with Crippen LogP contribution in [0.25, 0.3) is 44.3 Å². The van der Waals surface area contributed by atoms with E-state index < -0.39 is 0 Å². The summed E-state index contributed by atoms with van der Waals surface area (Å²) in [6.45, 7) is 0. The van der Waals surface area contributed by atoms with Gasteiger partial charge in [-0.25, -0.2) is 9.97 Å². The zero-order chi connectivity index (χ0) is 23.2. The van der Waals surface area contributed by atoms with Crippen LogP contribution < -0.4 is 5.32 Å². The normalized spacial score (nSPS) is 14.7. The van der Waals surface area contributed by atoms with Crippen LogP contribution in [0.4, 0.5) is 5.69 Å². The summed E-state index contributed by atoms with van der Waals surface area (Å²) in [7, 11) is 0. The smallest absolute Gasteiger partial charge is 0.160 e. The van der Waals surface area contributed by atoms with Gasteiger partial charge in [0, 0.05) is 27.1 Å². The van der Waals surface area contributed by atoms with E-state index in [1.807, 2.05) is 30.0 Å². The summed E-state index contributed by atoms with van der Waals surface area (Å²) < 4.78 is 0. The van der Waals surface area contributed by atoms with Crippen LogP contribution in [0.15, 0.2) is 120 Å². The highest BCUT2D eigenvalue weighted by Gasteiger charge is 2.25. The molecule has 4 heteroatoms. The van der Waals surface area contributed by atoms with Gasteiger partial charge in [0.2, 0.25) is 0 Å². The zero-order valence-electron chi connectivity index (χ0n) is 18.8. The predicted molar refractivity (Wildman–Crippen MR) is 147 cm³/mol. The number of benzene rings is 5. The molecule has 0 saturated heterocycles. The van der Waals surface area contributed by atoms with Crippen LogP contribution >= 0.6 is 11.8 Å². The van der Waals surface area contributed by atoms with Crippen molar-refractivity contribution in [1.29, 1.82) is 0 Å². The van der Waals surface area contributed by atoms with Crippen molar-refractivity contribution in [3.63, 3.8) is 0 Å². The maximum Gasteiger partial charge on any atom is 0.160 e. The molecule has 2 heterocycles. The molecule has 0 fully saturated rings. The van der Waals surface area contributed by atoms with Gasteiger partial charge in [0.15, 0.2) is 5.82 Å². The number of nitrogens with zero attached hydrogens (tertiary/aromatic N) is 2. The Morgan fingerprint density at radius 3 is 2.23 bits per heavy atom. The van der Waals surface area contributed by atoms with E-state index in [2.05, 4.69) is 102 Å². The van der Waals surface area contributed by atoms with Crippen molar-refractivity contribution >= 4 is 39.1 Å². The van der Waals surface area contributed by atoms with Gasteiger partial charge in [-0.2, -0.15) is 0 Å². The molecule has 0 bridgehead atoms. The first-order chi connectivity index (χ1) is 17.3. The molecule has 5 aromatic carbocycles. The van der Waals surface area contributed by atoms with Crippen LogP contribution in [0, 0.1) is 0 Å². The molecule has 1 aliphatic heterocycles. The van der Waals surface area contributed by atoms with E-state index in [0.717, 1.165) is 33.5 Å². The summed E-state index contributed by atoms with van der Waals surface area (Å²) >= 11 is 1.87. The molecular formula is C31H21N3S. The Morgan fingerprint density at radius 2 is 1.37 bits per heavy atom. The number of aromatic nitrogens is 2. The Morgan fingerprint density at radius 1 is 0.629 bits per heavy atom. The van der Waals surface area contributed by atoms with Crippen LogP contribution in [0.2, 0.25) is 0 Å². The number of thioether (sulfide) groups is 1. The Bertz CT molecular complexity index is 1700. The molecule has 0 spiro atoms. The molecule has 35 heavy (non-hydrogen) atoms. The monoisotopic (exact) mass is 467 g/mol. The number of anilines is 1. The van der Waals surface area contributed by atoms with Crippen molar-refractivity contribution in [3.8, 4) is 22.6 Å². The molecule has 0 saturated carbocycles. The highest BCUT2D eigenvalue weighted by molar-refractivity contribution is 8.00. The van der Waals surface area contributed by atoms with E-state index in [9.17, 15) is 0 Å². The van der Waals surface area contributed by atoms with Crippen LogP contribution in [-0.4, -0.2) is 9.97 Å². The average Bonchev–Trinajstić information content (AvgIpc) is 3.38. The molecular weight excluding hydrogens is 446 g/mol. The average molecular weight is 468 g/mol. The molecule has 6 aromatic rings. The lowest BCUT2D eigenvalue weighted by atomic mass is 10.0. The van der Waals surface area contributed by atoms with Crippen LogP contribution in [0.5, 0.6) is 0 Å². The molecule has 3 nitrogen and oxygen atoms in total. The second kappa shape index (κ2) is 8.26. The Hall–Kier alpha value is -4.15. The minimum Gasteiger partial charge on any atom is -0.368 e. The summed E-state index contributed by atoms with van der Waals surface area (Å²) in [5, 5.41) is 7.42. The largest absolute Gasteiger partial charge is 0.368 e. The third-order valence-corrected chi connectivity index (χ3v) is 7.81. The lowest BCUT2D eigenvalue weighted by Crippen LogP contribution is -2.00. The van der Waals surface area contributed by atoms with E-state index >= 15 is 0 Å². The van der Waals surface area contributed by atoms with Gasteiger partial charge in [0.1, 0.15) is 5.37 Å². The Labute approximate surface area is 207 Å². The molecule has 1 aliphatic rings. The van der Waals surface area contributed by atoms with Crippen LogP contribution in [0.3, 0.4) is 0 Å². The number of hydrogen-bond donors (Lipinski definition) is 1. The van der Waals surface area contributed by atoms with Gasteiger partial charge in [-0.05, 0) is 34.5 Å². The summed E-state index contributed by atoms with van der Waals surface area (Å²) in [5.41, 5.74) is 6.50. The van der Waals surface area contributed by atoms with Crippen molar-refractivity contribution in [3.05, 3.63) is 121 Å². The quantitative estimate of drug-likeness (QED) is 0.284. The van der Waals surface area contributed by atoms with E-state index in [1.165, 1.54) is 26.9 Å². The van der Waals surface area contributed by atoms with Gasteiger partial charge in [0.25, 0.3) is 0 Å². The van der Waals surface area contributed by atoms with Crippen molar-refractivity contribution < 1.29 is 0 Å². The third kappa shape index (κ3) is 3.54. The van der Waals surface area contributed by atoms with Gasteiger partial charge in [-0.3, -0.25) is 0 Å². The molecule has 0 radical (unpaired) electrons. The molecule has 166 valence electrons. The standard InChI is InChI=1S/C31H21N3S/c1-3-9-21(10-4-1)28-24-13-7-8-14-26(24)32-30(34-28)23-16-15-20-17-18-27-29(25(20)19-23)35-31(33-27)22-11-5-2-6-12-22/h1-19,31,33H. The number of rotatable bonds is 3. The summed E-state index contributed by atoms with van der Waals surface area (Å²) in [4.78, 5) is 11.3. The molecule has 1 unspecified atom stereocenters. The zero-order valence-corrected chi connectivity index (χ0v) is 19.7. The highest BCUT2D eigenvalue weighted by Crippen LogP contribution is 2.50. The number of hydrogen-bond acceptors (Lipinski definition) is 4.